The third-order valence-electron chi connectivity index (χ3n) is 3.50. The van der Waals surface area contributed by atoms with Gasteiger partial charge in [0.05, 0.1) is 13.0 Å². The van der Waals surface area contributed by atoms with E-state index in [-0.39, 0.29) is 5.91 Å². The molecule has 2 heterocycles. The van der Waals surface area contributed by atoms with Crippen LogP contribution < -0.4 is 0 Å². The van der Waals surface area contributed by atoms with Crippen molar-refractivity contribution in [1.29, 1.82) is 0 Å². The molecule has 114 valence electrons. The highest BCUT2D eigenvalue weighted by Crippen LogP contribution is 2.21. The van der Waals surface area contributed by atoms with E-state index in [4.69, 9.17) is 0 Å². The molecule has 22 heavy (non-hydrogen) atoms. The van der Waals surface area contributed by atoms with Crippen molar-refractivity contribution in [2.75, 3.05) is 13.1 Å². The first-order valence-electron chi connectivity index (χ1n) is 7.28. The Kier molecular flexibility index (Phi) is 4.95. The lowest BCUT2D eigenvalue weighted by molar-refractivity contribution is -0.126. The minimum atomic E-state index is 0.148. The molecule has 5 heteroatoms. The van der Waals surface area contributed by atoms with Crippen LogP contribution in [0.2, 0.25) is 0 Å². The van der Waals surface area contributed by atoms with Gasteiger partial charge in [-0.05, 0) is 23.9 Å². The molecule has 1 aliphatic rings. The number of carbonyl (C=O) groups excluding carboxylic acids is 1. The maximum atomic E-state index is 12.4. The van der Waals surface area contributed by atoms with Crippen LogP contribution in [0.4, 0.5) is 0 Å². The monoisotopic (exact) mass is 330 g/mol. The summed E-state index contributed by atoms with van der Waals surface area (Å²) in [7, 11) is 0. The largest absolute Gasteiger partial charge is 0.289 e. The van der Waals surface area contributed by atoms with Crippen molar-refractivity contribution in [2.24, 2.45) is 4.99 Å². The zero-order chi connectivity index (χ0) is 15.4. The maximum absolute atomic E-state index is 12.4. The molecule has 0 radical (unpaired) electrons. The van der Waals surface area contributed by atoms with Crippen LogP contribution in [0.3, 0.4) is 0 Å². The molecule has 0 bridgehead atoms. The molecule has 3 nitrogen and oxygen atoms in total. The molecule has 0 atom stereocenters. The molecule has 3 rings (SSSR count). The van der Waals surface area contributed by atoms with E-state index in [0.717, 1.165) is 15.8 Å². The number of aryl methyl sites for hydroxylation is 1. The Hall–Kier alpha value is -1.59. The normalized spacial score (nSPS) is 14.2. The smallest absolute Gasteiger partial charge is 0.233 e. The van der Waals surface area contributed by atoms with Crippen molar-refractivity contribution in [3.63, 3.8) is 0 Å². The Morgan fingerprint density at radius 3 is 2.86 bits per heavy atom. The molecule has 2 aromatic rings. The van der Waals surface area contributed by atoms with Gasteiger partial charge >= 0.3 is 0 Å². The summed E-state index contributed by atoms with van der Waals surface area (Å²) in [5, 5.41) is 2.87. The van der Waals surface area contributed by atoms with E-state index in [2.05, 4.69) is 36.2 Å². The van der Waals surface area contributed by atoms with Crippen LogP contribution in [0.5, 0.6) is 0 Å². The summed E-state index contributed by atoms with van der Waals surface area (Å²) >= 11 is 3.28. The van der Waals surface area contributed by atoms with Gasteiger partial charge in [0, 0.05) is 17.2 Å². The number of hydrogen-bond acceptors (Lipinski definition) is 4. The number of hydrogen-bond donors (Lipinski definition) is 0. The summed E-state index contributed by atoms with van der Waals surface area (Å²) in [6.45, 7) is 3.51. The quantitative estimate of drug-likeness (QED) is 0.856. The molecule has 1 aromatic heterocycles. The second-order valence-electron chi connectivity index (χ2n) is 5.24. The number of nitrogens with zero attached hydrogens (tertiary/aromatic N) is 2. The van der Waals surface area contributed by atoms with Gasteiger partial charge in [0.25, 0.3) is 0 Å². The zero-order valence-corrected chi connectivity index (χ0v) is 14.1. The van der Waals surface area contributed by atoms with E-state index in [1.807, 2.05) is 22.4 Å². The molecule has 0 unspecified atom stereocenters. The van der Waals surface area contributed by atoms with Gasteiger partial charge in [0.1, 0.15) is 0 Å². The minimum absolute atomic E-state index is 0.148. The van der Waals surface area contributed by atoms with E-state index in [0.29, 0.717) is 19.5 Å². The second-order valence-corrected chi connectivity index (χ2v) is 7.21. The zero-order valence-electron chi connectivity index (χ0n) is 12.5. The van der Waals surface area contributed by atoms with Crippen LogP contribution in [0.25, 0.3) is 0 Å². The summed E-state index contributed by atoms with van der Waals surface area (Å²) in [4.78, 5) is 19.8. The van der Waals surface area contributed by atoms with Gasteiger partial charge in [-0.25, -0.2) is 0 Å². The summed E-state index contributed by atoms with van der Waals surface area (Å²) < 4.78 is 0. The molecular formula is C17H18N2OS2. The van der Waals surface area contributed by atoms with Gasteiger partial charge in [-0.2, -0.15) is 0 Å². The average molecular weight is 330 g/mol. The molecule has 0 N–H and O–H groups in total. The number of rotatable bonds is 4. The number of carbonyl (C=O) groups is 1. The fraction of sp³-hybridized carbons (Fsp3) is 0.294. The van der Waals surface area contributed by atoms with Gasteiger partial charge in [0.15, 0.2) is 5.17 Å². The Bertz CT molecular complexity index is 662. The summed E-state index contributed by atoms with van der Waals surface area (Å²) in [6, 6.07) is 12.5. The molecule has 0 fully saturated rings. The minimum Gasteiger partial charge on any atom is -0.289 e. The third-order valence-corrected chi connectivity index (χ3v) is 5.46. The molecule has 1 aromatic carbocycles. The molecule has 0 spiro atoms. The fourth-order valence-electron chi connectivity index (χ4n) is 2.27. The summed E-state index contributed by atoms with van der Waals surface area (Å²) in [5.41, 5.74) is 2.52. The molecule has 1 aliphatic heterocycles. The van der Waals surface area contributed by atoms with Crippen LogP contribution in [0.1, 0.15) is 16.0 Å². The van der Waals surface area contributed by atoms with Gasteiger partial charge in [-0.1, -0.05) is 47.7 Å². The number of aliphatic imine (C=N–C) groups is 1. The SMILES string of the molecule is Cc1ccc(CSC2=NCCN2C(=O)Cc2cccs2)cc1. The third kappa shape index (κ3) is 3.78. The Morgan fingerprint density at radius 1 is 1.32 bits per heavy atom. The lowest BCUT2D eigenvalue weighted by Crippen LogP contribution is -2.33. The Labute approximate surface area is 139 Å². The first-order valence-corrected chi connectivity index (χ1v) is 9.14. The van der Waals surface area contributed by atoms with Crippen LogP contribution in [-0.4, -0.2) is 29.1 Å². The van der Waals surface area contributed by atoms with Gasteiger partial charge in [-0.3, -0.25) is 14.7 Å². The van der Waals surface area contributed by atoms with Crippen molar-refractivity contribution >= 4 is 34.2 Å². The summed E-state index contributed by atoms with van der Waals surface area (Å²) in [6.07, 6.45) is 0.474. The highest BCUT2D eigenvalue weighted by molar-refractivity contribution is 8.13. The van der Waals surface area contributed by atoms with E-state index < -0.39 is 0 Å². The molecule has 0 aliphatic carbocycles. The maximum Gasteiger partial charge on any atom is 0.233 e. The first kappa shape index (κ1) is 15.3. The fourth-order valence-corrected chi connectivity index (χ4v) is 3.99. The average Bonchev–Trinajstić information content (AvgIpc) is 3.17. The van der Waals surface area contributed by atoms with Crippen LogP contribution in [0, 0.1) is 6.92 Å². The van der Waals surface area contributed by atoms with Crippen molar-refractivity contribution in [2.45, 2.75) is 19.1 Å². The Balaban J connectivity index is 1.58. The van der Waals surface area contributed by atoms with Crippen LogP contribution in [0.15, 0.2) is 46.8 Å². The van der Waals surface area contributed by atoms with Crippen LogP contribution >= 0.6 is 23.1 Å². The van der Waals surface area contributed by atoms with Gasteiger partial charge < -0.3 is 0 Å². The van der Waals surface area contributed by atoms with Crippen LogP contribution in [-0.2, 0) is 17.0 Å². The molecule has 1 amide bonds. The predicted octanol–water partition coefficient (Wildman–Crippen LogP) is 3.73. The van der Waals surface area contributed by atoms with E-state index in [1.165, 1.54) is 11.1 Å². The topological polar surface area (TPSA) is 32.7 Å². The van der Waals surface area contributed by atoms with Gasteiger partial charge in [-0.15, -0.1) is 11.3 Å². The molecule has 0 saturated carbocycles. The van der Waals surface area contributed by atoms with E-state index >= 15 is 0 Å². The molecular weight excluding hydrogens is 312 g/mol. The Morgan fingerprint density at radius 2 is 2.14 bits per heavy atom. The van der Waals surface area contributed by atoms with E-state index in [1.54, 1.807) is 23.1 Å². The van der Waals surface area contributed by atoms with Crippen molar-refractivity contribution in [3.05, 3.63) is 57.8 Å². The molecule has 0 saturated heterocycles. The second kappa shape index (κ2) is 7.11. The number of amidine groups is 1. The number of thiophene rings is 1. The number of thioether (sulfide) groups is 1. The lowest BCUT2D eigenvalue weighted by atomic mass is 10.2. The van der Waals surface area contributed by atoms with Crippen molar-refractivity contribution in [3.8, 4) is 0 Å². The predicted molar refractivity (Wildman–Crippen MR) is 94.5 cm³/mol. The highest BCUT2D eigenvalue weighted by Gasteiger charge is 2.24. The standard InChI is InChI=1S/C17H18N2OS2/c1-13-4-6-14(7-5-13)12-22-17-18-8-9-19(17)16(20)11-15-3-2-10-21-15/h2-7,10H,8-9,11-12H2,1H3. The lowest BCUT2D eigenvalue weighted by Gasteiger charge is -2.17. The van der Waals surface area contributed by atoms with Crippen molar-refractivity contribution < 1.29 is 4.79 Å². The van der Waals surface area contributed by atoms with Gasteiger partial charge in [0.2, 0.25) is 5.91 Å². The van der Waals surface area contributed by atoms with Crippen molar-refractivity contribution in [1.82, 2.24) is 4.90 Å². The number of amides is 1. The summed E-state index contributed by atoms with van der Waals surface area (Å²) in [5.74, 6) is 0.997. The number of benzene rings is 1. The van der Waals surface area contributed by atoms with E-state index in [9.17, 15) is 4.79 Å². The highest BCUT2D eigenvalue weighted by atomic mass is 32.2. The first-order chi connectivity index (χ1) is 10.7.